The minimum Gasteiger partial charge on any atom is -0.355 e. The van der Waals surface area contributed by atoms with Crippen LogP contribution in [0.3, 0.4) is 0 Å². The molecule has 2 heterocycles. The Bertz CT molecular complexity index is 851. The monoisotopic (exact) mass is 416 g/mol. The van der Waals surface area contributed by atoms with Crippen molar-refractivity contribution in [2.75, 3.05) is 32.7 Å². The average Bonchev–Trinajstić information content (AvgIpc) is 3.00. The third kappa shape index (κ3) is 4.47. The van der Waals surface area contributed by atoms with Crippen LogP contribution >= 0.6 is 11.6 Å². The lowest BCUT2D eigenvalue weighted by molar-refractivity contribution is -0.145. The van der Waals surface area contributed by atoms with E-state index in [0.717, 1.165) is 62.8 Å². The maximum atomic E-state index is 12.2. The van der Waals surface area contributed by atoms with E-state index in [0.29, 0.717) is 17.0 Å². The molecule has 1 aromatic carbocycles. The fraction of sp³-hybridized carbons (Fsp3) is 0.571. The van der Waals surface area contributed by atoms with Crippen molar-refractivity contribution in [3.8, 4) is 11.4 Å². The van der Waals surface area contributed by atoms with E-state index >= 15 is 0 Å². The first-order valence-corrected chi connectivity index (χ1v) is 10.7. The van der Waals surface area contributed by atoms with Gasteiger partial charge in [-0.3, -0.25) is 14.4 Å². The standard InChI is InChI=1S/C21H29ClN6O/c1-3-23-8-9-24-20(29)16-10-21(11-16)13-28(14-21)12-18-25-19(26-27(18)2)15-4-6-17(22)7-5-15/h4-7,16,23H,3,8-14H2,1-2H3,(H,24,29). The van der Waals surface area contributed by atoms with Gasteiger partial charge in [0.25, 0.3) is 0 Å². The number of amides is 1. The molecule has 156 valence electrons. The van der Waals surface area contributed by atoms with E-state index in [1.807, 2.05) is 36.0 Å². The van der Waals surface area contributed by atoms with Crippen molar-refractivity contribution >= 4 is 17.5 Å². The van der Waals surface area contributed by atoms with Crippen molar-refractivity contribution in [2.24, 2.45) is 18.4 Å². The van der Waals surface area contributed by atoms with Crippen LogP contribution in [0.4, 0.5) is 0 Å². The fourth-order valence-corrected chi connectivity index (χ4v) is 4.64. The summed E-state index contributed by atoms with van der Waals surface area (Å²) in [6.07, 6.45) is 2.01. The smallest absolute Gasteiger partial charge is 0.223 e. The van der Waals surface area contributed by atoms with Gasteiger partial charge in [-0.2, -0.15) is 5.10 Å². The summed E-state index contributed by atoms with van der Waals surface area (Å²) in [4.78, 5) is 19.3. The Kier molecular flexibility index (Phi) is 5.90. The second-order valence-corrected chi connectivity index (χ2v) is 8.81. The van der Waals surface area contributed by atoms with Crippen molar-refractivity contribution in [1.29, 1.82) is 0 Å². The molecule has 2 N–H and O–H groups in total. The zero-order chi connectivity index (χ0) is 20.4. The predicted molar refractivity (Wildman–Crippen MR) is 113 cm³/mol. The van der Waals surface area contributed by atoms with Gasteiger partial charge in [0.15, 0.2) is 5.82 Å². The summed E-state index contributed by atoms with van der Waals surface area (Å²) in [6, 6.07) is 7.60. The highest BCUT2D eigenvalue weighted by atomic mass is 35.5. The maximum absolute atomic E-state index is 12.2. The number of aryl methyl sites for hydroxylation is 1. The van der Waals surface area contributed by atoms with E-state index in [9.17, 15) is 4.79 Å². The van der Waals surface area contributed by atoms with Crippen LogP contribution < -0.4 is 10.6 Å². The van der Waals surface area contributed by atoms with Gasteiger partial charge in [0.1, 0.15) is 5.82 Å². The molecule has 1 saturated carbocycles. The second-order valence-electron chi connectivity index (χ2n) is 8.38. The summed E-state index contributed by atoms with van der Waals surface area (Å²) in [7, 11) is 1.94. The van der Waals surface area contributed by atoms with Gasteiger partial charge in [-0.25, -0.2) is 4.98 Å². The van der Waals surface area contributed by atoms with Crippen LogP contribution in [0.5, 0.6) is 0 Å². The molecule has 0 bridgehead atoms. The van der Waals surface area contributed by atoms with Gasteiger partial charge in [-0.05, 0) is 49.1 Å². The van der Waals surface area contributed by atoms with Crippen molar-refractivity contribution in [3.63, 3.8) is 0 Å². The first kappa shape index (κ1) is 20.3. The number of halogens is 1. The van der Waals surface area contributed by atoms with Gasteiger partial charge >= 0.3 is 0 Å². The van der Waals surface area contributed by atoms with Crippen LogP contribution in [-0.4, -0.2) is 58.3 Å². The number of likely N-dealkylation sites (tertiary alicyclic amines) is 1. The number of hydrogen-bond donors (Lipinski definition) is 2. The van der Waals surface area contributed by atoms with Crippen molar-refractivity contribution in [3.05, 3.63) is 35.1 Å². The largest absolute Gasteiger partial charge is 0.355 e. The number of aromatic nitrogens is 3. The number of carbonyl (C=O) groups excluding carboxylic acids is 1. The van der Waals surface area contributed by atoms with E-state index in [-0.39, 0.29) is 11.8 Å². The molecule has 1 aromatic heterocycles. The second kappa shape index (κ2) is 8.42. The third-order valence-electron chi connectivity index (χ3n) is 6.02. The summed E-state index contributed by atoms with van der Waals surface area (Å²) in [5, 5.41) is 11.5. The molecule has 1 spiro atoms. The van der Waals surface area contributed by atoms with E-state index in [2.05, 4.69) is 27.6 Å². The molecule has 1 aliphatic heterocycles. The molecule has 29 heavy (non-hydrogen) atoms. The highest BCUT2D eigenvalue weighted by Gasteiger charge is 2.54. The Hall–Kier alpha value is -1.96. The molecule has 0 radical (unpaired) electrons. The van der Waals surface area contributed by atoms with E-state index in [1.54, 1.807) is 0 Å². The lowest BCUT2D eigenvalue weighted by Crippen LogP contribution is -2.63. The number of rotatable bonds is 8. The summed E-state index contributed by atoms with van der Waals surface area (Å²) < 4.78 is 1.86. The van der Waals surface area contributed by atoms with E-state index < -0.39 is 0 Å². The number of hydrogen-bond acceptors (Lipinski definition) is 5. The number of carbonyl (C=O) groups is 1. The van der Waals surface area contributed by atoms with Crippen molar-refractivity contribution in [2.45, 2.75) is 26.3 Å². The van der Waals surface area contributed by atoms with Gasteiger partial charge in [0.05, 0.1) is 6.54 Å². The lowest BCUT2D eigenvalue weighted by atomic mass is 9.57. The zero-order valence-electron chi connectivity index (χ0n) is 17.1. The Morgan fingerprint density at radius 3 is 2.66 bits per heavy atom. The molecular formula is C21H29ClN6O. The van der Waals surface area contributed by atoms with Crippen LogP contribution in [0.1, 0.15) is 25.6 Å². The fourth-order valence-electron chi connectivity index (χ4n) is 4.51. The number of benzene rings is 1. The quantitative estimate of drug-likeness (QED) is 0.644. The number of nitrogens with one attached hydrogen (secondary N) is 2. The van der Waals surface area contributed by atoms with Crippen LogP contribution in [0.2, 0.25) is 5.02 Å². The van der Waals surface area contributed by atoms with Gasteiger partial charge in [-0.15, -0.1) is 0 Å². The van der Waals surface area contributed by atoms with Crippen LogP contribution in [0.15, 0.2) is 24.3 Å². The van der Waals surface area contributed by atoms with Gasteiger partial charge in [0.2, 0.25) is 5.91 Å². The molecule has 4 rings (SSSR count). The first-order chi connectivity index (χ1) is 14.0. The highest BCUT2D eigenvalue weighted by Crippen LogP contribution is 2.52. The van der Waals surface area contributed by atoms with Crippen molar-refractivity contribution < 1.29 is 4.79 Å². The zero-order valence-corrected chi connectivity index (χ0v) is 17.9. The lowest BCUT2D eigenvalue weighted by Gasteiger charge is -2.58. The topological polar surface area (TPSA) is 75.1 Å². The summed E-state index contributed by atoms with van der Waals surface area (Å²) in [6.45, 7) is 7.42. The van der Waals surface area contributed by atoms with Crippen LogP contribution in [-0.2, 0) is 18.4 Å². The normalized spacial score (nSPS) is 18.4. The minimum atomic E-state index is 0.185. The molecular weight excluding hydrogens is 388 g/mol. The molecule has 7 nitrogen and oxygen atoms in total. The molecule has 1 saturated heterocycles. The Labute approximate surface area is 176 Å². The number of likely N-dealkylation sites (N-methyl/N-ethyl adjacent to an activating group) is 1. The van der Waals surface area contributed by atoms with E-state index in [1.165, 1.54) is 0 Å². The molecule has 0 atom stereocenters. The van der Waals surface area contributed by atoms with Crippen molar-refractivity contribution in [1.82, 2.24) is 30.3 Å². The summed E-state index contributed by atoms with van der Waals surface area (Å²) in [5.74, 6) is 2.09. The SMILES string of the molecule is CCNCCNC(=O)C1CC2(C1)CN(Cc1nc(-c3ccc(Cl)cc3)nn1C)C2. The number of nitrogens with zero attached hydrogens (tertiary/aromatic N) is 4. The van der Waals surface area contributed by atoms with E-state index in [4.69, 9.17) is 16.6 Å². The first-order valence-electron chi connectivity index (χ1n) is 10.3. The Morgan fingerprint density at radius 1 is 1.24 bits per heavy atom. The van der Waals surface area contributed by atoms with Gasteiger partial charge in [0, 0.05) is 49.7 Å². The molecule has 1 aliphatic carbocycles. The summed E-state index contributed by atoms with van der Waals surface area (Å²) in [5.41, 5.74) is 1.31. The third-order valence-corrected chi connectivity index (χ3v) is 6.27. The van der Waals surface area contributed by atoms with Gasteiger partial charge in [-0.1, -0.05) is 18.5 Å². The van der Waals surface area contributed by atoms with Gasteiger partial charge < -0.3 is 10.6 Å². The average molecular weight is 417 g/mol. The Morgan fingerprint density at radius 2 is 1.97 bits per heavy atom. The summed E-state index contributed by atoms with van der Waals surface area (Å²) >= 11 is 5.96. The van der Waals surface area contributed by atoms with Crippen LogP contribution in [0.25, 0.3) is 11.4 Å². The highest BCUT2D eigenvalue weighted by molar-refractivity contribution is 6.30. The molecule has 2 aromatic rings. The molecule has 2 aliphatic rings. The Balaban J connectivity index is 1.24. The molecule has 1 amide bonds. The molecule has 0 unspecified atom stereocenters. The predicted octanol–water partition coefficient (Wildman–Crippen LogP) is 2.07. The minimum absolute atomic E-state index is 0.185. The van der Waals surface area contributed by atoms with Crippen LogP contribution in [0, 0.1) is 11.3 Å². The molecule has 2 fully saturated rings. The molecule has 8 heteroatoms. The maximum Gasteiger partial charge on any atom is 0.223 e.